The molecule has 0 aliphatic carbocycles. The Balaban J connectivity index is 2.56. The quantitative estimate of drug-likeness (QED) is 0.601. The maximum absolute atomic E-state index is 12.2. The van der Waals surface area contributed by atoms with Gasteiger partial charge < -0.3 is 14.0 Å². The van der Waals surface area contributed by atoms with Crippen LogP contribution in [0.15, 0.2) is 28.7 Å². The summed E-state index contributed by atoms with van der Waals surface area (Å²) in [6.45, 7) is 3.83. The molecule has 1 aromatic heterocycles. The van der Waals surface area contributed by atoms with E-state index in [-0.39, 0.29) is 13.2 Å². The number of carbonyl (C=O) groups is 2. The maximum Gasteiger partial charge on any atom is 0.326 e. The van der Waals surface area contributed by atoms with E-state index in [1.54, 1.807) is 13.8 Å². The van der Waals surface area contributed by atoms with Gasteiger partial charge in [0.25, 0.3) is 0 Å². The van der Waals surface area contributed by atoms with Crippen molar-refractivity contribution < 1.29 is 19.1 Å². The number of rotatable bonds is 5. The van der Waals surface area contributed by atoms with Crippen LogP contribution >= 0.6 is 15.9 Å². The third kappa shape index (κ3) is 3.02. The Morgan fingerprint density at radius 3 is 2.27 bits per heavy atom. The molecule has 2 rings (SSSR count). The van der Waals surface area contributed by atoms with Gasteiger partial charge in [0.1, 0.15) is 0 Å². The highest BCUT2D eigenvalue weighted by Crippen LogP contribution is 2.31. The van der Waals surface area contributed by atoms with Gasteiger partial charge in [-0.25, -0.2) is 0 Å². The molecule has 0 saturated carbocycles. The Bertz CT molecular complexity index is 689. The van der Waals surface area contributed by atoms with Crippen LogP contribution in [0.1, 0.15) is 25.5 Å². The molecule has 0 amide bonds. The SMILES string of the molecule is CCOC(=O)C(C(=O)OCC)c1cc2c(Br)cccc2n1C. The summed E-state index contributed by atoms with van der Waals surface area (Å²) >= 11 is 3.48. The highest BCUT2D eigenvalue weighted by molar-refractivity contribution is 9.10. The monoisotopic (exact) mass is 367 g/mol. The van der Waals surface area contributed by atoms with Gasteiger partial charge in [-0.1, -0.05) is 22.0 Å². The Morgan fingerprint density at radius 2 is 1.77 bits per heavy atom. The second kappa shape index (κ2) is 6.96. The number of benzene rings is 1. The van der Waals surface area contributed by atoms with E-state index in [0.717, 1.165) is 15.4 Å². The number of nitrogens with zero attached hydrogens (tertiary/aromatic N) is 1. The molecule has 0 aliphatic heterocycles. The number of aryl methyl sites for hydroxylation is 1. The summed E-state index contributed by atoms with van der Waals surface area (Å²) in [5.41, 5.74) is 1.47. The molecule has 0 radical (unpaired) electrons. The zero-order valence-electron chi connectivity index (χ0n) is 12.8. The highest BCUT2D eigenvalue weighted by atomic mass is 79.9. The van der Waals surface area contributed by atoms with Gasteiger partial charge in [0.15, 0.2) is 5.92 Å². The molecule has 1 aromatic carbocycles. The van der Waals surface area contributed by atoms with Crippen molar-refractivity contribution in [3.05, 3.63) is 34.4 Å². The lowest BCUT2D eigenvalue weighted by Gasteiger charge is -2.15. The molecule has 0 aliphatic rings. The fraction of sp³-hybridized carbons (Fsp3) is 0.375. The van der Waals surface area contributed by atoms with E-state index < -0.39 is 17.9 Å². The first-order valence-corrected chi connectivity index (χ1v) is 7.87. The molecule has 0 saturated heterocycles. The lowest BCUT2D eigenvalue weighted by Crippen LogP contribution is -2.27. The van der Waals surface area contributed by atoms with E-state index in [0.29, 0.717) is 5.69 Å². The Labute approximate surface area is 137 Å². The molecule has 0 atom stereocenters. The van der Waals surface area contributed by atoms with Crippen molar-refractivity contribution in [1.29, 1.82) is 0 Å². The van der Waals surface area contributed by atoms with Gasteiger partial charge in [-0.05, 0) is 32.0 Å². The standard InChI is InChI=1S/C16H18BrNO4/c1-4-21-15(19)14(16(20)22-5-2)13-9-10-11(17)7-6-8-12(10)18(13)3/h6-9,14H,4-5H2,1-3H3. The molecule has 118 valence electrons. The number of fused-ring (bicyclic) bond motifs is 1. The van der Waals surface area contributed by atoms with Crippen LogP contribution < -0.4 is 0 Å². The summed E-state index contributed by atoms with van der Waals surface area (Å²) in [7, 11) is 1.82. The third-order valence-electron chi connectivity index (χ3n) is 3.41. The minimum Gasteiger partial charge on any atom is -0.465 e. The van der Waals surface area contributed by atoms with E-state index in [2.05, 4.69) is 15.9 Å². The van der Waals surface area contributed by atoms with Crippen LogP contribution in [0.5, 0.6) is 0 Å². The van der Waals surface area contributed by atoms with Crippen molar-refractivity contribution >= 4 is 38.8 Å². The molecule has 0 spiro atoms. The smallest absolute Gasteiger partial charge is 0.326 e. The number of halogens is 1. The zero-order valence-corrected chi connectivity index (χ0v) is 14.3. The molecule has 22 heavy (non-hydrogen) atoms. The van der Waals surface area contributed by atoms with Gasteiger partial charge in [-0.15, -0.1) is 0 Å². The molecule has 0 fully saturated rings. The van der Waals surface area contributed by atoms with E-state index in [1.165, 1.54) is 0 Å². The van der Waals surface area contributed by atoms with Crippen LogP contribution in [0.4, 0.5) is 0 Å². The highest BCUT2D eigenvalue weighted by Gasteiger charge is 2.34. The van der Waals surface area contributed by atoms with Gasteiger partial charge in [0.05, 0.1) is 13.2 Å². The molecule has 0 unspecified atom stereocenters. The summed E-state index contributed by atoms with van der Waals surface area (Å²) in [4.78, 5) is 24.5. The number of hydrogen-bond donors (Lipinski definition) is 0. The first-order valence-electron chi connectivity index (χ1n) is 7.08. The number of carbonyl (C=O) groups excluding carboxylic acids is 2. The Kier molecular flexibility index (Phi) is 5.24. The van der Waals surface area contributed by atoms with Gasteiger partial charge in [0.2, 0.25) is 0 Å². The maximum atomic E-state index is 12.2. The summed E-state index contributed by atoms with van der Waals surface area (Å²) in [6, 6.07) is 7.56. The molecule has 0 bridgehead atoms. The van der Waals surface area contributed by atoms with Crippen molar-refractivity contribution in [2.24, 2.45) is 7.05 Å². The van der Waals surface area contributed by atoms with E-state index in [9.17, 15) is 9.59 Å². The summed E-state index contributed by atoms with van der Waals surface area (Å²) in [5.74, 6) is -2.27. The van der Waals surface area contributed by atoms with Crippen LogP contribution in [0.3, 0.4) is 0 Å². The largest absolute Gasteiger partial charge is 0.465 e. The Morgan fingerprint density at radius 1 is 1.18 bits per heavy atom. The predicted molar refractivity (Wildman–Crippen MR) is 86.6 cm³/mol. The third-order valence-corrected chi connectivity index (χ3v) is 4.10. The van der Waals surface area contributed by atoms with Gasteiger partial charge in [0, 0.05) is 28.1 Å². The minimum absolute atomic E-state index is 0.211. The lowest BCUT2D eigenvalue weighted by atomic mass is 10.1. The fourth-order valence-corrected chi connectivity index (χ4v) is 2.88. The first-order chi connectivity index (χ1) is 10.5. The first kappa shape index (κ1) is 16.5. The van der Waals surface area contributed by atoms with Crippen molar-refractivity contribution in [3.63, 3.8) is 0 Å². The van der Waals surface area contributed by atoms with E-state index in [1.807, 2.05) is 35.9 Å². The Hall–Kier alpha value is -1.82. The average Bonchev–Trinajstić information content (AvgIpc) is 2.79. The number of esters is 2. The molecule has 1 heterocycles. The van der Waals surface area contributed by atoms with Gasteiger partial charge >= 0.3 is 11.9 Å². The lowest BCUT2D eigenvalue weighted by molar-refractivity contribution is -0.157. The zero-order chi connectivity index (χ0) is 16.3. The number of hydrogen-bond acceptors (Lipinski definition) is 4. The van der Waals surface area contributed by atoms with Crippen LogP contribution in [-0.4, -0.2) is 29.7 Å². The molecular weight excluding hydrogens is 350 g/mol. The van der Waals surface area contributed by atoms with Gasteiger partial charge in [-0.2, -0.15) is 0 Å². The fourth-order valence-electron chi connectivity index (χ4n) is 2.41. The minimum atomic E-state index is -1.08. The molecular formula is C16H18BrNO4. The number of ether oxygens (including phenoxy) is 2. The normalized spacial score (nSPS) is 11.0. The average molecular weight is 368 g/mol. The van der Waals surface area contributed by atoms with E-state index in [4.69, 9.17) is 9.47 Å². The molecule has 2 aromatic rings. The molecule has 6 heteroatoms. The van der Waals surface area contributed by atoms with Crippen LogP contribution in [-0.2, 0) is 26.1 Å². The van der Waals surface area contributed by atoms with Crippen molar-refractivity contribution in [1.82, 2.24) is 4.57 Å². The predicted octanol–water partition coefficient (Wildman–Crippen LogP) is 3.15. The molecule has 5 nitrogen and oxygen atoms in total. The summed E-state index contributed by atoms with van der Waals surface area (Å²) in [6.07, 6.45) is 0. The van der Waals surface area contributed by atoms with Crippen molar-refractivity contribution in [2.75, 3.05) is 13.2 Å². The van der Waals surface area contributed by atoms with Gasteiger partial charge in [-0.3, -0.25) is 9.59 Å². The van der Waals surface area contributed by atoms with Crippen LogP contribution in [0, 0.1) is 0 Å². The van der Waals surface area contributed by atoms with Crippen LogP contribution in [0.2, 0.25) is 0 Å². The molecule has 0 N–H and O–H groups in total. The van der Waals surface area contributed by atoms with Crippen molar-refractivity contribution in [2.45, 2.75) is 19.8 Å². The summed E-state index contributed by atoms with van der Waals surface area (Å²) < 4.78 is 12.8. The van der Waals surface area contributed by atoms with Crippen molar-refractivity contribution in [3.8, 4) is 0 Å². The topological polar surface area (TPSA) is 57.5 Å². The second-order valence-corrected chi connectivity index (χ2v) is 5.59. The van der Waals surface area contributed by atoms with Crippen LogP contribution in [0.25, 0.3) is 10.9 Å². The van der Waals surface area contributed by atoms with E-state index >= 15 is 0 Å². The number of aromatic nitrogens is 1. The second-order valence-electron chi connectivity index (χ2n) is 4.74. The summed E-state index contributed by atoms with van der Waals surface area (Å²) in [5, 5.41) is 0.929.